The molecule has 0 aliphatic rings. The van der Waals surface area contributed by atoms with Gasteiger partial charge in [0, 0.05) is 17.6 Å². The van der Waals surface area contributed by atoms with Crippen molar-refractivity contribution in [2.45, 2.75) is 18.0 Å². The molecule has 4 nitrogen and oxygen atoms in total. The van der Waals surface area contributed by atoms with Crippen molar-refractivity contribution in [3.63, 3.8) is 0 Å². The Balaban J connectivity index is 2.22. The second-order valence-corrected chi connectivity index (χ2v) is 7.02. The van der Waals surface area contributed by atoms with Gasteiger partial charge in [-0.2, -0.15) is 0 Å². The maximum absolute atomic E-state index is 13.7. The maximum atomic E-state index is 13.7. The minimum atomic E-state index is -3.92. The molecule has 2 aromatic carbocycles. The molecule has 0 heterocycles. The van der Waals surface area contributed by atoms with Gasteiger partial charge in [0.15, 0.2) is 0 Å². The summed E-state index contributed by atoms with van der Waals surface area (Å²) < 4.78 is 40.9. The van der Waals surface area contributed by atoms with Crippen LogP contribution in [0.25, 0.3) is 0 Å². The Kier molecular flexibility index (Phi) is 5.10. The quantitative estimate of drug-likeness (QED) is 0.846. The lowest BCUT2D eigenvalue weighted by Gasteiger charge is -2.10. The van der Waals surface area contributed by atoms with Crippen molar-refractivity contribution in [3.05, 3.63) is 63.9 Å². The Morgan fingerprint density at radius 3 is 2.43 bits per heavy atom. The minimum Gasteiger partial charge on any atom is -0.326 e. The average Bonchev–Trinajstić information content (AvgIpc) is 2.45. The summed E-state index contributed by atoms with van der Waals surface area (Å²) >= 11 is 3.09. The van der Waals surface area contributed by atoms with Gasteiger partial charge in [-0.25, -0.2) is 17.5 Å². The van der Waals surface area contributed by atoms with E-state index in [2.05, 4.69) is 20.7 Å². The van der Waals surface area contributed by atoms with E-state index >= 15 is 0 Å². The van der Waals surface area contributed by atoms with Crippen LogP contribution >= 0.6 is 15.9 Å². The average molecular weight is 373 g/mol. The highest BCUT2D eigenvalue weighted by atomic mass is 79.9. The summed E-state index contributed by atoms with van der Waals surface area (Å²) in [6, 6.07) is 11.0. The second kappa shape index (κ2) is 6.65. The maximum Gasteiger partial charge on any atom is 0.243 e. The highest BCUT2D eigenvalue weighted by Gasteiger charge is 2.19. The number of nitrogens with two attached hydrogens (primary N) is 1. The van der Waals surface area contributed by atoms with E-state index < -0.39 is 15.8 Å². The Bertz CT molecular complexity index is 750. The summed E-state index contributed by atoms with van der Waals surface area (Å²) in [6.45, 7) is 0.371. The molecule has 21 heavy (non-hydrogen) atoms. The lowest BCUT2D eigenvalue weighted by molar-refractivity contribution is 0.556. The first-order valence-corrected chi connectivity index (χ1v) is 8.43. The third-order valence-electron chi connectivity index (χ3n) is 2.97. The van der Waals surface area contributed by atoms with E-state index in [4.69, 9.17) is 5.73 Å². The van der Waals surface area contributed by atoms with Gasteiger partial charge < -0.3 is 5.73 Å². The van der Waals surface area contributed by atoms with E-state index in [1.807, 2.05) is 12.1 Å². The summed E-state index contributed by atoms with van der Waals surface area (Å²) in [6.07, 6.45) is 0. The van der Waals surface area contributed by atoms with Gasteiger partial charge in [-0.15, -0.1) is 0 Å². The topological polar surface area (TPSA) is 72.2 Å². The fraction of sp³-hybridized carbons (Fsp3) is 0.143. The van der Waals surface area contributed by atoms with Crippen molar-refractivity contribution in [1.29, 1.82) is 0 Å². The Morgan fingerprint density at radius 2 is 1.81 bits per heavy atom. The predicted molar refractivity (Wildman–Crippen MR) is 82.5 cm³/mol. The Hall–Kier alpha value is -1.28. The highest BCUT2D eigenvalue weighted by Crippen LogP contribution is 2.19. The monoisotopic (exact) mass is 372 g/mol. The van der Waals surface area contributed by atoms with Crippen LogP contribution in [0.5, 0.6) is 0 Å². The van der Waals surface area contributed by atoms with Crippen LogP contribution in [0.15, 0.2) is 51.8 Å². The predicted octanol–water partition coefficient (Wildman–Crippen LogP) is 2.53. The molecule has 0 amide bonds. The van der Waals surface area contributed by atoms with E-state index in [1.54, 1.807) is 12.1 Å². The fourth-order valence-corrected chi connectivity index (χ4v) is 3.27. The molecule has 0 unspecified atom stereocenters. The number of halogens is 2. The molecular formula is C14H14BrFN2O2S. The molecule has 0 aliphatic heterocycles. The van der Waals surface area contributed by atoms with Crippen molar-refractivity contribution in [2.24, 2.45) is 5.73 Å². The summed E-state index contributed by atoms with van der Waals surface area (Å²) in [7, 11) is -3.92. The summed E-state index contributed by atoms with van der Waals surface area (Å²) in [5.41, 5.74) is 7.21. The highest BCUT2D eigenvalue weighted by molar-refractivity contribution is 9.10. The van der Waals surface area contributed by atoms with E-state index in [0.29, 0.717) is 11.0 Å². The molecule has 3 N–H and O–H groups in total. The van der Waals surface area contributed by atoms with Crippen LogP contribution in [0.2, 0.25) is 0 Å². The molecule has 0 aromatic heterocycles. The van der Waals surface area contributed by atoms with Gasteiger partial charge in [0.05, 0.1) is 0 Å². The molecule has 0 saturated heterocycles. The summed E-state index contributed by atoms with van der Waals surface area (Å²) in [5.74, 6) is -0.802. The van der Waals surface area contributed by atoms with Crippen LogP contribution in [0.4, 0.5) is 4.39 Å². The van der Waals surface area contributed by atoms with Crippen molar-refractivity contribution >= 4 is 26.0 Å². The van der Waals surface area contributed by atoms with E-state index in [9.17, 15) is 12.8 Å². The molecule has 2 aromatic rings. The van der Waals surface area contributed by atoms with Crippen LogP contribution in [-0.2, 0) is 23.1 Å². The molecule has 0 fully saturated rings. The number of benzene rings is 2. The minimum absolute atomic E-state index is 0.0607. The van der Waals surface area contributed by atoms with Gasteiger partial charge in [-0.1, -0.05) is 40.2 Å². The molecule has 0 saturated carbocycles. The first-order chi connectivity index (χ1) is 9.94. The normalized spacial score (nSPS) is 11.6. The molecule has 7 heteroatoms. The van der Waals surface area contributed by atoms with E-state index in [-0.39, 0.29) is 11.4 Å². The van der Waals surface area contributed by atoms with Crippen LogP contribution in [0.1, 0.15) is 11.1 Å². The molecule has 0 radical (unpaired) electrons. The molecule has 0 atom stereocenters. The van der Waals surface area contributed by atoms with Crippen molar-refractivity contribution < 1.29 is 12.8 Å². The van der Waals surface area contributed by atoms with Crippen LogP contribution < -0.4 is 10.5 Å². The number of nitrogens with one attached hydrogen (secondary N) is 1. The fourth-order valence-electron chi connectivity index (χ4n) is 1.87. The van der Waals surface area contributed by atoms with Crippen molar-refractivity contribution in [1.82, 2.24) is 4.72 Å². The van der Waals surface area contributed by atoms with E-state index in [1.165, 1.54) is 12.1 Å². The molecule has 112 valence electrons. The zero-order valence-corrected chi connectivity index (χ0v) is 13.4. The van der Waals surface area contributed by atoms with Gasteiger partial charge in [0.25, 0.3) is 0 Å². The molecular weight excluding hydrogens is 359 g/mol. The molecule has 2 rings (SSSR count). The van der Waals surface area contributed by atoms with E-state index in [0.717, 1.165) is 17.2 Å². The van der Waals surface area contributed by atoms with Crippen LogP contribution in [0, 0.1) is 5.82 Å². The van der Waals surface area contributed by atoms with Gasteiger partial charge in [-0.3, -0.25) is 0 Å². The van der Waals surface area contributed by atoms with Gasteiger partial charge in [0.2, 0.25) is 10.0 Å². The van der Waals surface area contributed by atoms with Crippen molar-refractivity contribution in [2.75, 3.05) is 0 Å². The third kappa shape index (κ3) is 3.88. The largest absolute Gasteiger partial charge is 0.326 e. The van der Waals surface area contributed by atoms with Gasteiger partial charge in [0.1, 0.15) is 10.7 Å². The van der Waals surface area contributed by atoms with Gasteiger partial charge >= 0.3 is 0 Å². The first-order valence-electron chi connectivity index (χ1n) is 6.15. The zero-order valence-electron chi connectivity index (χ0n) is 11.0. The number of rotatable bonds is 5. The SMILES string of the molecule is NCc1ccccc1CNS(=O)(=O)c1ccc(Br)cc1F. The molecule has 0 bridgehead atoms. The molecule has 0 spiro atoms. The Labute approximate surface area is 131 Å². The standard InChI is InChI=1S/C14H14BrFN2O2S/c15-12-5-6-14(13(16)7-12)21(19,20)18-9-11-4-2-1-3-10(11)8-17/h1-7,18H,8-9,17H2. The summed E-state index contributed by atoms with van der Waals surface area (Å²) in [4.78, 5) is -0.379. The lowest BCUT2D eigenvalue weighted by Crippen LogP contribution is -2.25. The number of hydrogen-bond acceptors (Lipinski definition) is 3. The smallest absolute Gasteiger partial charge is 0.243 e. The van der Waals surface area contributed by atoms with Gasteiger partial charge in [-0.05, 0) is 29.3 Å². The lowest BCUT2D eigenvalue weighted by atomic mass is 10.1. The summed E-state index contributed by atoms with van der Waals surface area (Å²) in [5, 5.41) is 0. The third-order valence-corrected chi connectivity index (χ3v) is 4.90. The second-order valence-electron chi connectivity index (χ2n) is 4.37. The first kappa shape index (κ1) is 16.1. The number of hydrogen-bond donors (Lipinski definition) is 2. The number of sulfonamides is 1. The Morgan fingerprint density at radius 1 is 1.14 bits per heavy atom. The zero-order chi connectivity index (χ0) is 15.5. The molecule has 0 aliphatic carbocycles. The van der Waals surface area contributed by atoms with Crippen LogP contribution in [0.3, 0.4) is 0 Å². The van der Waals surface area contributed by atoms with Crippen LogP contribution in [-0.4, -0.2) is 8.42 Å². The van der Waals surface area contributed by atoms with Crippen molar-refractivity contribution in [3.8, 4) is 0 Å².